The Morgan fingerprint density at radius 3 is 2.18 bits per heavy atom. The molecular weight excluding hydrogens is 799 g/mol. The number of hydrogen-bond acceptors (Lipinski definition) is 10. The summed E-state index contributed by atoms with van der Waals surface area (Å²) in [5, 5.41) is 8.05. The number of esters is 1. The maximum Gasteiger partial charge on any atom is 0.329 e. The Kier molecular flexibility index (Phi) is 14.1. The summed E-state index contributed by atoms with van der Waals surface area (Å²) < 4.78 is 45.4. The minimum absolute atomic E-state index is 0.0209. The topological polar surface area (TPSA) is 193 Å². The molecule has 2 aromatic carbocycles. The number of ether oxygens (including phenoxy) is 3. The van der Waals surface area contributed by atoms with E-state index in [0.29, 0.717) is 48.8 Å². The van der Waals surface area contributed by atoms with Crippen molar-refractivity contribution in [2.75, 3.05) is 33.9 Å². The fourth-order valence-corrected chi connectivity index (χ4v) is 8.82. The predicted molar refractivity (Wildman–Crippen MR) is 214 cm³/mol. The molecule has 0 unspecified atom stereocenters. The van der Waals surface area contributed by atoms with E-state index in [-0.39, 0.29) is 50.4 Å². The highest BCUT2D eigenvalue weighted by Crippen LogP contribution is 2.30. The highest BCUT2D eigenvalue weighted by atomic mass is 19.1. The van der Waals surface area contributed by atoms with Crippen molar-refractivity contribution < 1.29 is 56.6 Å². The average molecular weight is 853 g/mol. The van der Waals surface area contributed by atoms with E-state index in [9.17, 15) is 42.3 Å². The Morgan fingerprint density at radius 2 is 1.48 bits per heavy atom. The zero-order valence-electron chi connectivity index (χ0n) is 35.0. The Balaban J connectivity index is 1.34. The van der Waals surface area contributed by atoms with Crippen molar-refractivity contribution in [3.63, 3.8) is 0 Å². The van der Waals surface area contributed by atoms with Crippen LogP contribution in [0.4, 0.5) is 8.78 Å². The van der Waals surface area contributed by atoms with Gasteiger partial charge in [-0.15, -0.1) is 0 Å². The number of benzene rings is 2. The molecular formula is C43H54F2N6O10. The Labute approximate surface area is 353 Å². The van der Waals surface area contributed by atoms with E-state index in [0.717, 1.165) is 12.1 Å². The van der Waals surface area contributed by atoms with Crippen LogP contribution >= 0.6 is 0 Å². The number of nitrogens with one attached hydrogen (secondary N) is 3. The molecule has 6 rings (SSSR count). The maximum absolute atomic E-state index is 14.8. The lowest BCUT2D eigenvalue weighted by atomic mass is 9.99. The summed E-state index contributed by atoms with van der Waals surface area (Å²) in [5.41, 5.74) is 0.508. The molecule has 0 radical (unpaired) electrons. The Morgan fingerprint density at radius 1 is 0.803 bits per heavy atom. The molecule has 6 amide bonds. The standard InChI is InChI=1S/C43H54F2N6O10/c1-23-15-33-43(58)61-25(3)37(42(57)50-14-8-10-32(50)41(56)49-13-7-6-9-31(49)39(54)46-24(2)40(55)51(33)22-23)48-38(53)30(18-27-16-28(44)21-29(45)17-27)47-36(52)20-26-11-12-34(59-4)35(19-26)60-5/h11-12,16-17,19,21,23-25,30-33,37H,6-10,13-15,18,20,22H2,1-5H3,(H,46,54)(H,47,52)(H,48,53)/t23-,24-,25-,30-,31-,32-,33-,37-/m0/s1. The normalized spacial score (nSPS) is 26.7. The largest absolute Gasteiger partial charge is 0.493 e. The van der Waals surface area contributed by atoms with Crippen LogP contribution < -0.4 is 25.4 Å². The fraction of sp³-hybridized carbons (Fsp3) is 0.558. The summed E-state index contributed by atoms with van der Waals surface area (Å²) in [5.74, 6) is -5.88. The zero-order valence-corrected chi connectivity index (χ0v) is 35.0. The van der Waals surface area contributed by atoms with Crippen LogP contribution in [0, 0.1) is 17.6 Å². The van der Waals surface area contributed by atoms with E-state index < -0.39 is 102 Å². The van der Waals surface area contributed by atoms with Gasteiger partial charge in [0.05, 0.1) is 20.6 Å². The summed E-state index contributed by atoms with van der Waals surface area (Å²) in [6.45, 7) is 5.34. The van der Waals surface area contributed by atoms with Crippen molar-refractivity contribution in [3.8, 4) is 11.5 Å². The van der Waals surface area contributed by atoms with E-state index in [2.05, 4.69) is 16.0 Å². The summed E-state index contributed by atoms with van der Waals surface area (Å²) in [6, 6.07) is 0.329. The smallest absolute Gasteiger partial charge is 0.329 e. The molecule has 18 heteroatoms. The molecule has 4 aliphatic heterocycles. The molecule has 2 aromatic rings. The molecule has 4 heterocycles. The second kappa shape index (κ2) is 19.3. The van der Waals surface area contributed by atoms with Crippen LogP contribution in [-0.4, -0.2) is 132 Å². The van der Waals surface area contributed by atoms with Gasteiger partial charge in [0.1, 0.15) is 54.0 Å². The van der Waals surface area contributed by atoms with Crippen molar-refractivity contribution in [2.45, 2.75) is 114 Å². The average Bonchev–Trinajstić information content (AvgIpc) is 3.88. The van der Waals surface area contributed by atoms with E-state index in [4.69, 9.17) is 14.2 Å². The lowest BCUT2D eigenvalue weighted by molar-refractivity contribution is -0.163. The number of methoxy groups -OCH3 is 2. The SMILES string of the molecule is COc1ccc(CC(=O)N[C@@H](Cc2cc(F)cc(F)c2)C(=O)N[C@@H]2C(=O)N3CCC[C@H]3C(=O)N3CCCC[C@H]3C(=O)N[C@@H](C)C(=O)N3C[C@@H](C)C[C@H]3C(=O)O[C@H]2C)cc1OC. The number of hydrogen-bond donors (Lipinski definition) is 3. The first-order valence-corrected chi connectivity index (χ1v) is 20.8. The van der Waals surface area contributed by atoms with E-state index in [1.807, 2.05) is 6.92 Å². The van der Waals surface area contributed by atoms with Gasteiger partial charge in [-0.3, -0.25) is 28.8 Å². The molecule has 61 heavy (non-hydrogen) atoms. The Bertz CT molecular complexity index is 2020. The van der Waals surface area contributed by atoms with E-state index >= 15 is 0 Å². The van der Waals surface area contributed by atoms with Gasteiger partial charge in [0.15, 0.2) is 11.5 Å². The molecule has 330 valence electrons. The zero-order chi connectivity index (χ0) is 44.1. The van der Waals surface area contributed by atoms with Crippen molar-refractivity contribution >= 4 is 41.4 Å². The van der Waals surface area contributed by atoms with Crippen molar-refractivity contribution in [1.29, 1.82) is 0 Å². The number of carbonyl (C=O) groups is 7. The molecule has 0 aromatic heterocycles. The monoisotopic (exact) mass is 852 g/mol. The quantitative estimate of drug-likeness (QED) is 0.314. The summed E-state index contributed by atoms with van der Waals surface area (Å²) in [7, 11) is 2.89. The number of carbonyl (C=O) groups excluding carboxylic acids is 7. The molecule has 4 aliphatic rings. The molecule has 8 atom stereocenters. The first kappa shape index (κ1) is 44.7. The molecule has 3 N–H and O–H groups in total. The van der Waals surface area contributed by atoms with Gasteiger partial charge in [0.25, 0.3) is 0 Å². The van der Waals surface area contributed by atoms with Gasteiger partial charge >= 0.3 is 5.97 Å². The highest BCUT2D eigenvalue weighted by molar-refractivity contribution is 5.98. The van der Waals surface area contributed by atoms with Crippen molar-refractivity contribution in [1.82, 2.24) is 30.7 Å². The van der Waals surface area contributed by atoms with Gasteiger partial charge in [-0.05, 0) is 93.7 Å². The molecule has 16 nitrogen and oxygen atoms in total. The third-order valence-corrected chi connectivity index (χ3v) is 11.9. The highest BCUT2D eigenvalue weighted by Gasteiger charge is 2.47. The first-order chi connectivity index (χ1) is 29.1. The lowest BCUT2D eigenvalue weighted by Crippen LogP contribution is -2.63. The third kappa shape index (κ3) is 10.2. The second-order valence-corrected chi connectivity index (χ2v) is 16.4. The molecule has 0 spiro atoms. The Hall–Kier alpha value is -5.81. The summed E-state index contributed by atoms with van der Waals surface area (Å²) >= 11 is 0. The van der Waals surface area contributed by atoms with Crippen LogP contribution in [0.1, 0.15) is 70.4 Å². The first-order valence-electron chi connectivity index (χ1n) is 20.8. The summed E-state index contributed by atoms with van der Waals surface area (Å²) in [6.07, 6.45) is 0.503. The molecule has 0 saturated carbocycles. The number of piperidine rings is 1. The third-order valence-electron chi connectivity index (χ3n) is 11.9. The maximum atomic E-state index is 14.8. The van der Waals surface area contributed by atoms with Crippen LogP contribution in [0.25, 0.3) is 0 Å². The lowest BCUT2D eigenvalue weighted by Gasteiger charge is -2.39. The van der Waals surface area contributed by atoms with Crippen molar-refractivity contribution in [3.05, 3.63) is 59.2 Å². The van der Waals surface area contributed by atoms with E-state index in [1.165, 1.54) is 42.8 Å². The van der Waals surface area contributed by atoms with Crippen LogP contribution in [0.15, 0.2) is 36.4 Å². The molecule has 4 fully saturated rings. The van der Waals surface area contributed by atoms with Gasteiger partial charge in [-0.1, -0.05) is 13.0 Å². The number of nitrogens with zero attached hydrogens (tertiary/aromatic N) is 3. The minimum Gasteiger partial charge on any atom is -0.493 e. The number of rotatable bonds is 9. The molecule has 4 saturated heterocycles. The van der Waals surface area contributed by atoms with Crippen LogP contribution in [0.2, 0.25) is 0 Å². The van der Waals surface area contributed by atoms with E-state index in [1.54, 1.807) is 18.2 Å². The van der Waals surface area contributed by atoms with Gasteiger partial charge in [-0.25, -0.2) is 13.6 Å². The number of fused-ring (bicyclic) bond motifs is 3. The van der Waals surface area contributed by atoms with Crippen molar-refractivity contribution in [2.24, 2.45) is 5.92 Å². The van der Waals surface area contributed by atoms with Gasteiger partial charge in [0.2, 0.25) is 35.4 Å². The van der Waals surface area contributed by atoms with Crippen LogP contribution in [-0.2, 0) is 51.1 Å². The number of amides is 6. The fourth-order valence-electron chi connectivity index (χ4n) is 8.82. The predicted octanol–water partition coefficient (Wildman–Crippen LogP) is 1.80. The van der Waals surface area contributed by atoms with Gasteiger partial charge in [-0.2, -0.15) is 0 Å². The number of halogens is 2. The van der Waals surface area contributed by atoms with Gasteiger partial charge in [0, 0.05) is 32.1 Å². The molecule has 0 bridgehead atoms. The second-order valence-electron chi connectivity index (χ2n) is 16.4. The minimum atomic E-state index is -1.63. The van der Waals surface area contributed by atoms with Crippen LogP contribution in [0.5, 0.6) is 11.5 Å². The number of cyclic esters (lactones) is 1. The summed E-state index contributed by atoms with van der Waals surface area (Å²) in [4.78, 5) is 103. The van der Waals surface area contributed by atoms with Crippen LogP contribution in [0.3, 0.4) is 0 Å². The van der Waals surface area contributed by atoms with Gasteiger partial charge < -0.3 is 44.9 Å². The molecule has 0 aliphatic carbocycles.